The molecule has 0 bridgehead atoms. The van der Waals surface area contributed by atoms with E-state index in [1.54, 1.807) is 11.3 Å². The molecule has 0 aromatic carbocycles. The van der Waals surface area contributed by atoms with Crippen LogP contribution in [-0.4, -0.2) is 16.7 Å². The summed E-state index contributed by atoms with van der Waals surface area (Å²) in [4.78, 5) is 28.5. The van der Waals surface area contributed by atoms with Crippen molar-refractivity contribution in [2.45, 2.75) is 40.7 Å². The number of H-pyrrole nitrogens is 1. The summed E-state index contributed by atoms with van der Waals surface area (Å²) in [6.45, 7) is 9.31. The average Bonchev–Trinajstić information content (AvgIpc) is 3.03. The summed E-state index contributed by atoms with van der Waals surface area (Å²) in [5, 5.41) is 5.09. The first-order chi connectivity index (χ1) is 10.3. The SMILES string of the molecule is CC(=O)c1c(C)[nH]c(C(=O)N[C@@H](c2cccs2)C(C)C)c1C. The third kappa shape index (κ3) is 3.14. The van der Waals surface area contributed by atoms with Crippen LogP contribution in [0.2, 0.25) is 0 Å². The molecular weight excluding hydrogens is 296 g/mol. The lowest BCUT2D eigenvalue weighted by molar-refractivity contribution is 0.0921. The molecule has 0 unspecified atom stereocenters. The molecule has 2 rings (SSSR count). The minimum atomic E-state index is -0.166. The molecule has 0 fully saturated rings. The van der Waals surface area contributed by atoms with Gasteiger partial charge in [0.2, 0.25) is 0 Å². The quantitative estimate of drug-likeness (QED) is 0.818. The lowest BCUT2D eigenvalue weighted by Gasteiger charge is -2.21. The number of ketones is 1. The van der Waals surface area contributed by atoms with Gasteiger partial charge in [0, 0.05) is 16.1 Å². The van der Waals surface area contributed by atoms with Crippen LogP contribution in [0.4, 0.5) is 0 Å². The van der Waals surface area contributed by atoms with Crippen molar-refractivity contribution in [1.29, 1.82) is 0 Å². The molecule has 0 radical (unpaired) electrons. The van der Waals surface area contributed by atoms with Gasteiger partial charge in [0.1, 0.15) is 5.69 Å². The molecule has 1 amide bonds. The molecule has 4 nitrogen and oxygen atoms in total. The van der Waals surface area contributed by atoms with Crippen LogP contribution in [0.1, 0.15) is 63.8 Å². The average molecular weight is 318 g/mol. The molecule has 0 saturated heterocycles. The number of aromatic amines is 1. The Hall–Kier alpha value is -1.88. The normalized spacial score (nSPS) is 12.5. The zero-order valence-corrected chi connectivity index (χ0v) is 14.4. The first-order valence-corrected chi connectivity index (χ1v) is 8.25. The van der Waals surface area contributed by atoms with Gasteiger partial charge in [-0.15, -0.1) is 11.3 Å². The van der Waals surface area contributed by atoms with E-state index in [1.807, 2.05) is 31.4 Å². The number of amides is 1. The number of hydrogen-bond donors (Lipinski definition) is 2. The van der Waals surface area contributed by atoms with Gasteiger partial charge in [0.05, 0.1) is 6.04 Å². The highest BCUT2D eigenvalue weighted by Gasteiger charge is 2.24. The van der Waals surface area contributed by atoms with Crippen molar-refractivity contribution in [1.82, 2.24) is 10.3 Å². The molecule has 2 heterocycles. The summed E-state index contributed by atoms with van der Waals surface area (Å²) in [5.74, 6) is 0.0930. The minimum Gasteiger partial charge on any atom is -0.354 e. The number of aryl methyl sites for hydroxylation is 1. The Bertz CT molecular complexity index is 684. The minimum absolute atomic E-state index is 0.0241. The summed E-state index contributed by atoms with van der Waals surface area (Å²) in [6.07, 6.45) is 0. The van der Waals surface area contributed by atoms with E-state index in [4.69, 9.17) is 0 Å². The van der Waals surface area contributed by atoms with Gasteiger partial charge >= 0.3 is 0 Å². The lowest BCUT2D eigenvalue weighted by atomic mass is 10.0. The van der Waals surface area contributed by atoms with Gasteiger partial charge in [-0.2, -0.15) is 0 Å². The number of nitrogens with one attached hydrogen (secondary N) is 2. The molecule has 2 N–H and O–H groups in total. The maximum absolute atomic E-state index is 12.6. The predicted molar refractivity (Wildman–Crippen MR) is 89.6 cm³/mol. The zero-order chi connectivity index (χ0) is 16.4. The monoisotopic (exact) mass is 318 g/mol. The van der Waals surface area contributed by atoms with E-state index in [0.29, 0.717) is 11.3 Å². The molecule has 5 heteroatoms. The molecule has 0 aliphatic heterocycles. The summed E-state index contributed by atoms with van der Waals surface area (Å²) >= 11 is 1.63. The van der Waals surface area contributed by atoms with E-state index in [9.17, 15) is 9.59 Å². The Morgan fingerprint density at radius 1 is 1.27 bits per heavy atom. The van der Waals surface area contributed by atoms with Crippen LogP contribution in [0.5, 0.6) is 0 Å². The summed E-state index contributed by atoms with van der Waals surface area (Å²) < 4.78 is 0. The van der Waals surface area contributed by atoms with Crippen LogP contribution < -0.4 is 5.32 Å². The fourth-order valence-corrected chi connectivity index (χ4v) is 3.70. The maximum atomic E-state index is 12.6. The number of carbonyl (C=O) groups excluding carboxylic acids is 2. The Morgan fingerprint density at radius 2 is 1.95 bits per heavy atom. The highest BCUT2D eigenvalue weighted by molar-refractivity contribution is 7.10. The van der Waals surface area contributed by atoms with Crippen molar-refractivity contribution in [3.8, 4) is 0 Å². The first-order valence-electron chi connectivity index (χ1n) is 7.37. The van der Waals surface area contributed by atoms with Crippen LogP contribution in [0.3, 0.4) is 0 Å². The van der Waals surface area contributed by atoms with Gasteiger partial charge < -0.3 is 10.3 Å². The van der Waals surface area contributed by atoms with Crippen molar-refractivity contribution in [2.75, 3.05) is 0 Å². The van der Waals surface area contributed by atoms with Gasteiger partial charge in [0.25, 0.3) is 5.91 Å². The van der Waals surface area contributed by atoms with Gasteiger partial charge in [-0.1, -0.05) is 19.9 Å². The third-order valence-electron chi connectivity index (χ3n) is 3.82. The Balaban J connectivity index is 2.29. The number of thiophene rings is 1. The fourth-order valence-electron chi connectivity index (χ4n) is 2.75. The molecule has 0 aliphatic rings. The standard InChI is InChI=1S/C17H22N2O2S/c1-9(2)15(13-7-6-8-22-13)19-17(21)16-10(3)14(12(5)20)11(4)18-16/h6-9,15,18H,1-5H3,(H,19,21)/t15-/m1/s1. The molecule has 22 heavy (non-hydrogen) atoms. The van der Waals surface area contributed by atoms with Crippen LogP contribution >= 0.6 is 11.3 Å². The topological polar surface area (TPSA) is 62.0 Å². The van der Waals surface area contributed by atoms with Crippen molar-refractivity contribution < 1.29 is 9.59 Å². The largest absolute Gasteiger partial charge is 0.354 e. The summed E-state index contributed by atoms with van der Waals surface area (Å²) in [7, 11) is 0. The highest BCUT2D eigenvalue weighted by atomic mass is 32.1. The van der Waals surface area contributed by atoms with Crippen LogP contribution in [0, 0.1) is 19.8 Å². The summed E-state index contributed by atoms with van der Waals surface area (Å²) in [5.41, 5.74) is 2.55. The second-order valence-corrected chi connectivity index (χ2v) is 6.87. The Morgan fingerprint density at radius 3 is 2.41 bits per heavy atom. The predicted octanol–water partition coefficient (Wildman–Crippen LogP) is 4.02. The molecule has 118 valence electrons. The zero-order valence-electron chi connectivity index (χ0n) is 13.6. The van der Waals surface area contributed by atoms with Crippen molar-refractivity contribution >= 4 is 23.0 Å². The van der Waals surface area contributed by atoms with E-state index in [0.717, 1.165) is 16.1 Å². The van der Waals surface area contributed by atoms with E-state index in [-0.39, 0.29) is 23.7 Å². The number of hydrogen-bond acceptors (Lipinski definition) is 3. The second-order valence-electron chi connectivity index (χ2n) is 5.89. The number of carbonyl (C=O) groups is 2. The van der Waals surface area contributed by atoms with E-state index < -0.39 is 0 Å². The first kappa shape index (κ1) is 16.5. The summed E-state index contributed by atoms with van der Waals surface area (Å²) in [6, 6.07) is 3.99. The molecule has 2 aromatic rings. The van der Waals surface area contributed by atoms with Crippen molar-refractivity contribution in [3.63, 3.8) is 0 Å². The molecule has 0 aliphatic carbocycles. The second kappa shape index (κ2) is 6.48. The smallest absolute Gasteiger partial charge is 0.268 e. The van der Waals surface area contributed by atoms with Crippen molar-refractivity contribution in [3.05, 3.63) is 44.9 Å². The Labute approximate surface area is 134 Å². The van der Waals surface area contributed by atoms with Crippen molar-refractivity contribution in [2.24, 2.45) is 5.92 Å². The number of rotatable bonds is 5. The van der Waals surface area contributed by atoms with E-state index in [2.05, 4.69) is 24.1 Å². The number of Topliss-reactive ketones (excluding diaryl/α,β-unsaturated/α-hetero) is 1. The lowest BCUT2D eigenvalue weighted by Crippen LogP contribution is -2.31. The molecule has 2 aromatic heterocycles. The van der Waals surface area contributed by atoms with E-state index >= 15 is 0 Å². The van der Waals surface area contributed by atoms with E-state index in [1.165, 1.54) is 6.92 Å². The molecule has 0 spiro atoms. The van der Waals surface area contributed by atoms with Crippen LogP contribution in [-0.2, 0) is 0 Å². The van der Waals surface area contributed by atoms with Crippen LogP contribution in [0.25, 0.3) is 0 Å². The third-order valence-corrected chi connectivity index (χ3v) is 4.77. The highest BCUT2D eigenvalue weighted by Crippen LogP contribution is 2.27. The fraction of sp³-hybridized carbons (Fsp3) is 0.412. The molecule has 1 atom stereocenters. The molecular formula is C17H22N2O2S. The number of aromatic nitrogens is 1. The van der Waals surface area contributed by atoms with Gasteiger partial charge in [-0.25, -0.2) is 0 Å². The molecule has 0 saturated carbocycles. The van der Waals surface area contributed by atoms with Crippen LogP contribution in [0.15, 0.2) is 17.5 Å². The van der Waals surface area contributed by atoms with Gasteiger partial charge in [-0.05, 0) is 43.7 Å². The van der Waals surface area contributed by atoms with Gasteiger partial charge in [0.15, 0.2) is 5.78 Å². The van der Waals surface area contributed by atoms with Gasteiger partial charge in [-0.3, -0.25) is 9.59 Å². The maximum Gasteiger partial charge on any atom is 0.268 e. The Kier molecular flexibility index (Phi) is 4.86.